The molecule has 3 rings (SSSR count). The first-order chi connectivity index (χ1) is 9.33. The molecular weight excluding hydrogens is 240 g/mol. The van der Waals surface area contributed by atoms with Crippen LogP contribution in [0, 0.1) is 0 Å². The fraction of sp³-hybridized carbons (Fsp3) is 0.600. The molecule has 2 heterocycles. The van der Waals surface area contributed by atoms with E-state index in [1.807, 2.05) is 0 Å². The van der Waals surface area contributed by atoms with Gasteiger partial charge in [0.25, 0.3) is 5.71 Å². The lowest BCUT2D eigenvalue weighted by molar-refractivity contribution is 0.287. The number of aryl methyl sites for hydroxylation is 2. The summed E-state index contributed by atoms with van der Waals surface area (Å²) in [7, 11) is 0. The second-order valence-electron chi connectivity index (χ2n) is 5.37. The molecule has 0 aromatic carbocycles. The summed E-state index contributed by atoms with van der Waals surface area (Å²) in [6, 6.07) is 2.24. The molecule has 102 valence electrons. The standard InChI is InChI=1S/C15H20N2O2/c1-2-4-11-9-13(10-6-7-10)16-15-14(11)12(17-19-15)5-3-8-18/h9-10,18H,2-8H2,1H3. The Morgan fingerprint density at radius 3 is 2.89 bits per heavy atom. The summed E-state index contributed by atoms with van der Waals surface area (Å²) in [4.78, 5) is 4.62. The van der Waals surface area contributed by atoms with Crippen molar-refractivity contribution < 1.29 is 9.63 Å². The molecule has 19 heavy (non-hydrogen) atoms. The van der Waals surface area contributed by atoms with Crippen molar-refractivity contribution in [3.8, 4) is 0 Å². The SMILES string of the molecule is CCCc1cc(C2CC2)nc2onc(CCCO)c12. The van der Waals surface area contributed by atoms with E-state index in [9.17, 15) is 0 Å². The number of rotatable bonds is 6. The van der Waals surface area contributed by atoms with Gasteiger partial charge in [0.1, 0.15) is 0 Å². The first-order valence-corrected chi connectivity index (χ1v) is 7.22. The molecule has 4 nitrogen and oxygen atoms in total. The maximum Gasteiger partial charge on any atom is 0.258 e. The van der Waals surface area contributed by atoms with Crippen LogP contribution in [-0.2, 0) is 12.8 Å². The maximum atomic E-state index is 8.96. The third-order valence-electron chi connectivity index (χ3n) is 3.71. The highest BCUT2D eigenvalue weighted by atomic mass is 16.5. The Morgan fingerprint density at radius 2 is 2.21 bits per heavy atom. The molecule has 0 amide bonds. The Hall–Kier alpha value is -1.42. The van der Waals surface area contributed by atoms with E-state index in [1.165, 1.54) is 24.1 Å². The molecule has 1 fully saturated rings. The van der Waals surface area contributed by atoms with Crippen LogP contribution in [0.2, 0.25) is 0 Å². The second-order valence-corrected chi connectivity index (χ2v) is 5.37. The Labute approximate surface area is 112 Å². The summed E-state index contributed by atoms with van der Waals surface area (Å²) in [6.07, 6.45) is 6.10. The monoisotopic (exact) mass is 260 g/mol. The number of pyridine rings is 1. The van der Waals surface area contributed by atoms with E-state index in [0.29, 0.717) is 11.6 Å². The summed E-state index contributed by atoms with van der Waals surface area (Å²) in [6.45, 7) is 2.37. The molecular formula is C15H20N2O2. The largest absolute Gasteiger partial charge is 0.396 e. The normalized spacial score (nSPS) is 15.3. The molecule has 0 atom stereocenters. The smallest absolute Gasteiger partial charge is 0.258 e. The Balaban J connectivity index is 2.04. The van der Waals surface area contributed by atoms with Crippen molar-refractivity contribution in [1.82, 2.24) is 10.1 Å². The summed E-state index contributed by atoms with van der Waals surface area (Å²) in [5.74, 6) is 0.631. The van der Waals surface area contributed by atoms with Gasteiger partial charge >= 0.3 is 0 Å². The van der Waals surface area contributed by atoms with Gasteiger partial charge in [-0.15, -0.1) is 0 Å². The van der Waals surface area contributed by atoms with Gasteiger partial charge in [-0.2, -0.15) is 0 Å². The number of hydrogen-bond donors (Lipinski definition) is 1. The van der Waals surface area contributed by atoms with Crippen LogP contribution in [0.25, 0.3) is 11.1 Å². The van der Waals surface area contributed by atoms with Crippen molar-refractivity contribution in [1.29, 1.82) is 0 Å². The minimum Gasteiger partial charge on any atom is -0.396 e. The van der Waals surface area contributed by atoms with E-state index in [-0.39, 0.29) is 6.61 Å². The number of aromatic nitrogens is 2. The van der Waals surface area contributed by atoms with Gasteiger partial charge in [-0.05, 0) is 43.7 Å². The van der Waals surface area contributed by atoms with E-state index < -0.39 is 0 Å². The topological polar surface area (TPSA) is 59.2 Å². The van der Waals surface area contributed by atoms with Gasteiger partial charge < -0.3 is 9.63 Å². The molecule has 1 saturated carbocycles. The fourth-order valence-electron chi connectivity index (χ4n) is 2.58. The zero-order valence-corrected chi connectivity index (χ0v) is 11.4. The van der Waals surface area contributed by atoms with Gasteiger partial charge in [-0.25, -0.2) is 4.98 Å². The first-order valence-electron chi connectivity index (χ1n) is 7.22. The van der Waals surface area contributed by atoms with Gasteiger partial charge in [-0.1, -0.05) is 18.5 Å². The lowest BCUT2D eigenvalue weighted by atomic mass is 10.0. The lowest BCUT2D eigenvalue weighted by Crippen LogP contribution is -1.96. The van der Waals surface area contributed by atoms with Gasteiger partial charge in [0, 0.05) is 18.2 Å². The average molecular weight is 260 g/mol. The van der Waals surface area contributed by atoms with E-state index in [0.717, 1.165) is 36.8 Å². The van der Waals surface area contributed by atoms with Crippen molar-refractivity contribution in [2.24, 2.45) is 0 Å². The third kappa shape index (κ3) is 2.50. The van der Waals surface area contributed by atoms with Crippen LogP contribution in [0.3, 0.4) is 0 Å². The molecule has 2 aromatic heterocycles. The average Bonchev–Trinajstić information content (AvgIpc) is 3.18. The minimum atomic E-state index is 0.186. The highest BCUT2D eigenvalue weighted by Crippen LogP contribution is 2.40. The van der Waals surface area contributed by atoms with Crippen LogP contribution in [-0.4, -0.2) is 21.9 Å². The van der Waals surface area contributed by atoms with Crippen molar-refractivity contribution in [3.63, 3.8) is 0 Å². The summed E-state index contributed by atoms with van der Waals surface area (Å²) < 4.78 is 5.41. The zero-order valence-electron chi connectivity index (χ0n) is 11.4. The van der Waals surface area contributed by atoms with Gasteiger partial charge in [0.05, 0.1) is 11.1 Å². The molecule has 0 radical (unpaired) electrons. The highest BCUT2D eigenvalue weighted by Gasteiger charge is 2.27. The lowest BCUT2D eigenvalue weighted by Gasteiger charge is -2.05. The van der Waals surface area contributed by atoms with Gasteiger partial charge in [0.2, 0.25) is 0 Å². The van der Waals surface area contributed by atoms with Crippen LogP contribution in [0.4, 0.5) is 0 Å². The first kappa shape index (κ1) is 12.6. The fourth-order valence-corrected chi connectivity index (χ4v) is 2.58. The van der Waals surface area contributed by atoms with E-state index in [4.69, 9.17) is 9.63 Å². The van der Waals surface area contributed by atoms with Crippen LogP contribution >= 0.6 is 0 Å². The van der Waals surface area contributed by atoms with Crippen molar-refractivity contribution in [2.45, 2.75) is 51.4 Å². The van der Waals surface area contributed by atoms with Crippen LogP contribution < -0.4 is 0 Å². The van der Waals surface area contributed by atoms with E-state index in [2.05, 4.69) is 23.1 Å². The number of aliphatic hydroxyl groups is 1. The molecule has 0 spiro atoms. The van der Waals surface area contributed by atoms with Crippen molar-refractivity contribution in [3.05, 3.63) is 23.0 Å². The van der Waals surface area contributed by atoms with Crippen molar-refractivity contribution >= 4 is 11.1 Å². The maximum absolute atomic E-state index is 8.96. The summed E-state index contributed by atoms with van der Waals surface area (Å²) in [5.41, 5.74) is 4.10. The van der Waals surface area contributed by atoms with Crippen molar-refractivity contribution in [2.75, 3.05) is 6.61 Å². The number of aliphatic hydroxyl groups excluding tert-OH is 1. The number of fused-ring (bicyclic) bond motifs is 1. The van der Waals surface area contributed by atoms with E-state index in [1.54, 1.807) is 0 Å². The Morgan fingerprint density at radius 1 is 1.37 bits per heavy atom. The molecule has 1 N–H and O–H groups in total. The molecule has 0 unspecified atom stereocenters. The van der Waals surface area contributed by atoms with E-state index >= 15 is 0 Å². The Bertz CT molecular complexity index is 573. The predicted molar refractivity (Wildman–Crippen MR) is 73.2 cm³/mol. The predicted octanol–water partition coefficient (Wildman–Crippen LogP) is 2.98. The molecule has 0 aliphatic heterocycles. The van der Waals surface area contributed by atoms with Crippen LogP contribution in [0.5, 0.6) is 0 Å². The second kappa shape index (κ2) is 5.29. The highest BCUT2D eigenvalue weighted by molar-refractivity contribution is 5.80. The molecule has 0 saturated heterocycles. The molecule has 4 heteroatoms. The quantitative estimate of drug-likeness (QED) is 0.867. The Kier molecular flexibility index (Phi) is 3.51. The van der Waals surface area contributed by atoms with Crippen LogP contribution in [0.15, 0.2) is 10.6 Å². The number of nitrogens with zero attached hydrogens (tertiary/aromatic N) is 2. The molecule has 1 aliphatic rings. The third-order valence-corrected chi connectivity index (χ3v) is 3.71. The van der Waals surface area contributed by atoms with Crippen LogP contribution in [0.1, 0.15) is 55.5 Å². The summed E-state index contributed by atoms with van der Waals surface area (Å²) in [5, 5.41) is 14.2. The van der Waals surface area contributed by atoms with Gasteiger partial charge in [-0.3, -0.25) is 0 Å². The summed E-state index contributed by atoms with van der Waals surface area (Å²) >= 11 is 0. The van der Waals surface area contributed by atoms with Gasteiger partial charge in [0.15, 0.2) is 0 Å². The molecule has 0 bridgehead atoms. The minimum absolute atomic E-state index is 0.186. The number of hydrogen-bond acceptors (Lipinski definition) is 4. The zero-order chi connectivity index (χ0) is 13.2. The molecule has 2 aromatic rings. The molecule has 1 aliphatic carbocycles.